The molecule has 2 aromatic rings. The Morgan fingerprint density at radius 1 is 1.00 bits per heavy atom. The average molecular weight is 434 g/mol. The van der Waals surface area contributed by atoms with Gasteiger partial charge in [-0.05, 0) is 46.7 Å². The van der Waals surface area contributed by atoms with E-state index in [-0.39, 0.29) is 5.75 Å². The first-order valence-electron chi connectivity index (χ1n) is 9.29. The highest BCUT2D eigenvalue weighted by Crippen LogP contribution is 2.40. The number of nitrogens with zero attached hydrogens (tertiary/aromatic N) is 1. The second-order valence-corrected chi connectivity index (χ2v) is 11.0. The maximum absolute atomic E-state index is 14.1. The summed E-state index contributed by atoms with van der Waals surface area (Å²) in [6.07, 6.45) is 1.14. The summed E-state index contributed by atoms with van der Waals surface area (Å²) in [5.41, 5.74) is 0.642. The van der Waals surface area contributed by atoms with Gasteiger partial charge in [0.2, 0.25) is 9.84 Å². The van der Waals surface area contributed by atoms with Crippen LogP contribution in [0.2, 0.25) is 0 Å². The second kappa shape index (κ2) is 7.84. The molecule has 0 saturated heterocycles. The predicted octanol–water partition coefficient (Wildman–Crippen LogP) is 5.60. The normalized spacial score (nSPS) is 13.2. The van der Waals surface area contributed by atoms with Crippen LogP contribution in [0, 0.1) is 23.0 Å². The van der Waals surface area contributed by atoms with Crippen LogP contribution in [0.3, 0.4) is 0 Å². The molecule has 0 heterocycles. The number of nitriles is 1. The number of phenolic OH excluding ortho intramolecular Hbond substituents is 1. The summed E-state index contributed by atoms with van der Waals surface area (Å²) >= 11 is 0. The van der Waals surface area contributed by atoms with E-state index in [1.54, 1.807) is 18.2 Å². The lowest BCUT2D eigenvalue weighted by Crippen LogP contribution is -2.17. The van der Waals surface area contributed by atoms with E-state index in [1.807, 2.05) is 41.5 Å². The number of phenols is 1. The summed E-state index contributed by atoms with van der Waals surface area (Å²) in [5, 5.41) is 20.3. The molecule has 4 nitrogen and oxygen atoms in total. The number of sulfone groups is 1. The van der Waals surface area contributed by atoms with Crippen LogP contribution in [0.1, 0.15) is 58.2 Å². The maximum atomic E-state index is 14.1. The SMILES string of the molecule is CC(C)(C)c1cc(/C=C(\C#N)S(=O)(=O)c2ccc(F)cc2F)cc(C(C)(C)C)c1O. The summed E-state index contributed by atoms with van der Waals surface area (Å²) in [7, 11) is -4.51. The van der Waals surface area contributed by atoms with Crippen molar-refractivity contribution in [3.8, 4) is 11.8 Å². The van der Waals surface area contributed by atoms with Crippen LogP contribution in [-0.2, 0) is 20.7 Å². The van der Waals surface area contributed by atoms with Gasteiger partial charge in [-0.15, -0.1) is 0 Å². The van der Waals surface area contributed by atoms with Gasteiger partial charge in [0, 0.05) is 17.2 Å². The van der Waals surface area contributed by atoms with Crippen LogP contribution in [0.25, 0.3) is 6.08 Å². The Morgan fingerprint density at radius 3 is 1.90 bits per heavy atom. The van der Waals surface area contributed by atoms with Crippen LogP contribution in [-0.4, -0.2) is 13.5 Å². The zero-order chi connectivity index (χ0) is 23.1. The molecule has 7 heteroatoms. The minimum absolute atomic E-state index is 0.109. The molecule has 0 atom stereocenters. The van der Waals surface area contributed by atoms with Gasteiger partial charge in [-0.2, -0.15) is 5.26 Å². The van der Waals surface area contributed by atoms with E-state index >= 15 is 0 Å². The number of aromatic hydroxyl groups is 1. The van der Waals surface area contributed by atoms with Gasteiger partial charge in [-0.25, -0.2) is 17.2 Å². The fourth-order valence-electron chi connectivity index (χ4n) is 3.02. The van der Waals surface area contributed by atoms with E-state index in [2.05, 4.69) is 0 Å². The molecule has 160 valence electrons. The molecule has 2 rings (SSSR count). The van der Waals surface area contributed by atoms with Gasteiger partial charge < -0.3 is 5.11 Å². The first kappa shape index (κ1) is 23.6. The van der Waals surface area contributed by atoms with E-state index < -0.39 is 42.1 Å². The highest BCUT2D eigenvalue weighted by Gasteiger charge is 2.28. The van der Waals surface area contributed by atoms with E-state index in [1.165, 1.54) is 0 Å². The van der Waals surface area contributed by atoms with Crippen molar-refractivity contribution >= 4 is 15.9 Å². The fraction of sp³-hybridized carbons (Fsp3) is 0.348. The molecular weight excluding hydrogens is 408 g/mol. The molecule has 0 radical (unpaired) electrons. The highest BCUT2D eigenvalue weighted by molar-refractivity contribution is 7.95. The molecule has 0 aliphatic rings. The summed E-state index contributed by atoms with van der Waals surface area (Å²) < 4.78 is 52.9. The van der Waals surface area contributed by atoms with Crippen molar-refractivity contribution in [1.29, 1.82) is 5.26 Å². The summed E-state index contributed by atoms with van der Waals surface area (Å²) in [6, 6.07) is 6.90. The van der Waals surface area contributed by atoms with Crippen LogP contribution < -0.4 is 0 Å². The van der Waals surface area contributed by atoms with Gasteiger partial charge in [0.25, 0.3) is 0 Å². The zero-order valence-electron chi connectivity index (χ0n) is 17.8. The third kappa shape index (κ3) is 4.71. The first-order valence-corrected chi connectivity index (χ1v) is 10.8. The molecule has 0 aromatic heterocycles. The Kier molecular flexibility index (Phi) is 6.16. The largest absolute Gasteiger partial charge is 0.507 e. The van der Waals surface area contributed by atoms with Crippen molar-refractivity contribution < 1.29 is 22.3 Å². The van der Waals surface area contributed by atoms with Gasteiger partial charge >= 0.3 is 0 Å². The summed E-state index contributed by atoms with van der Waals surface area (Å²) in [6.45, 7) is 11.4. The molecule has 0 unspecified atom stereocenters. The monoisotopic (exact) mass is 433 g/mol. The van der Waals surface area contributed by atoms with E-state index in [0.717, 1.165) is 18.2 Å². The van der Waals surface area contributed by atoms with E-state index in [0.29, 0.717) is 22.8 Å². The Labute approximate surface area is 176 Å². The zero-order valence-corrected chi connectivity index (χ0v) is 18.7. The third-order valence-electron chi connectivity index (χ3n) is 4.63. The third-order valence-corrected chi connectivity index (χ3v) is 6.33. The van der Waals surface area contributed by atoms with Gasteiger partial charge in [0.15, 0.2) is 0 Å². The number of rotatable bonds is 3. The van der Waals surface area contributed by atoms with E-state index in [4.69, 9.17) is 0 Å². The number of allylic oxidation sites excluding steroid dienone is 1. The maximum Gasteiger partial charge on any atom is 0.219 e. The number of hydrogen-bond donors (Lipinski definition) is 1. The standard InChI is InChI=1S/C23H25F2NO3S/c1-22(2,3)17-10-14(11-18(21(17)27)23(4,5)6)9-16(13-26)30(28,29)20-8-7-15(24)12-19(20)25/h7-12,27H,1-6H3/b16-9+. The van der Waals surface area contributed by atoms with Crippen molar-refractivity contribution in [3.05, 3.63) is 63.6 Å². The van der Waals surface area contributed by atoms with Crippen LogP contribution in [0.5, 0.6) is 5.75 Å². The molecule has 1 N–H and O–H groups in total. The fourth-order valence-corrected chi connectivity index (χ4v) is 4.23. The molecule has 0 saturated carbocycles. The summed E-state index contributed by atoms with van der Waals surface area (Å²) in [5.74, 6) is -2.08. The molecule has 0 aliphatic carbocycles. The average Bonchev–Trinajstić information content (AvgIpc) is 2.58. The lowest BCUT2D eigenvalue weighted by molar-refractivity contribution is 0.423. The van der Waals surface area contributed by atoms with Gasteiger partial charge in [0.1, 0.15) is 33.3 Å². The Morgan fingerprint density at radius 2 is 1.50 bits per heavy atom. The number of benzene rings is 2. The molecule has 2 aromatic carbocycles. The minimum Gasteiger partial charge on any atom is -0.507 e. The molecule has 0 amide bonds. The highest BCUT2D eigenvalue weighted by atomic mass is 32.2. The van der Waals surface area contributed by atoms with Crippen LogP contribution in [0.15, 0.2) is 40.1 Å². The predicted molar refractivity (Wildman–Crippen MR) is 113 cm³/mol. The Hall–Kier alpha value is -2.72. The van der Waals surface area contributed by atoms with Crippen molar-refractivity contribution in [1.82, 2.24) is 0 Å². The molecule has 0 fully saturated rings. The molecule has 0 bridgehead atoms. The summed E-state index contributed by atoms with van der Waals surface area (Å²) in [4.78, 5) is -1.46. The van der Waals surface area contributed by atoms with Gasteiger partial charge in [-0.1, -0.05) is 41.5 Å². The molecular formula is C23H25F2NO3S. The Balaban J connectivity index is 2.77. The van der Waals surface area contributed by atoms with Gasteiger partial charge in [0.05, 0.1) is 0 Å². The van der Waals surface area contributed by atoms with E-state index in [9.17, 15) is 27.6 Å². The molecule has 0 aliphatic heterocycles. The first-order chi connectivity index (χ1) is 13.6. The number of hydrogen-bond acceptors (Lipinski definition) is 4. The van der Waals surface area contributed by atoms with Crippen molar-refractivity contribution in [2.75, 3.05) is 0 Å². The minimum atomic E-state index is -4.51. The molecule has 30 heavy (non-hydrogen) atoms. The lowest BCUT2D eigenvalue weighted by Gasteiger charge is -2.28. The quantitative estimate of drug-likeness (QED) is 0.505. The van der Waals surface area contributed by atoms with Crippen LogP contribution in [0.4, 0.5) is 8.78 Å². The smallest absolute Gasteiger partial charge is 0.219 e. The molecule has 0 spiro atoms. The Bertz CT molecular complexity index is 1130. The number of halogens is 2. The van der Waals surface area contributed by atoms with Crippen molar-refractivity contribution in [3.63, 3.8) is 0 Å². The van der Waals surface area contributed by atoms with Crippen LogP contribution >= 0.6 is 0 Å². The van der Waals surface area contributed by atoms with Crippen molar-refractivity contribution in [2.24, 2.45) is 0 Å². The topological polar surface area (TPSA) is 78.2 Å². The van der Waals surface area contributed by atoms with Crippen molar-refractivity contribution in [2.45, 2.75) is 57.3 Å². The lowest BCUT2D eigenvalue weighted by atomic mass is 9.78. The second-order valence-electron chi connectivity index (χ2n) is 9.16. The van der Waals surface area contributed by atoms with Gasteiger partial charge in [-0.3, -0.25) is 0 Å².